The summed E-state index contributed by atoms with van der Waals surface area (Å²) < 4.78 is 5.12. The predicted molar refractivity (Wildman–Crippen MR) is 79.8 cm³/mol. The van der Waals surface area contributed by atoms with Gasteiger partial charge in [0, 0.05) is 38.7 Å². The minimum atomic E-state index is 0.357. The van der Waals surface area contributed by atoms with Gasteiger partial charge >= 0.3 is 0 Å². The number of benzene rings is 1. The van der Waals surface area contributed by atoms with Gasteiger partial charge in [-0.25, -0.2) is 0 Å². The molecule has 20 heavy (non-hydrogen) atoms. The Balaban J connectivity index is 2.78. The Morgan fingerprint density at radius 1 is 1.30 bits per heavy atom. The number of rotatable bonds is 7. The zero-order valence-electron chi connectivity index (χ0n) is 11.9. The molecule has 0 aliphatic rings. The molecule has 0 aromatic heterocycles. The third kappa shape index (κ3) is 5.86. The summed E-state index contributed by atoms with van der Waals surface area (Å²) in [4.78, 5) is 2.20. The van der Waals surface area contributed by atoms with Crippen molar-refractivity contribution in [3.8, 4) is 17.9 Å². The number of nitrogens with zero attached hydrogens (tertiary/aromatic N) is 2. The lowest BCUT2D eigenvalue weighted by molar-refractivity contribution is 0.145. The summed E-state index contributed by atoms with van der Waals surface area (Å²) in [6.45, 7) is 3.31. The summed E-state index contributed by atoms with van der Waals surface area (Å²) >= 11 is 0. The number of nitriles is 1. The largest absolute Gasteiger partial charge is 0.383 e. The molecule has 0 amide bonds. The van der Waals surface area contributed by atoms with E-state index in [1.54, 1.807) is 7.11 Å². The fourth-order valence-corrected chi connectivity index (χ4v) is 1.87. The van der Waals surface area contributed by atoms with E-state index < -0.39 is 0 Å². The molecule has 1 aromatic carbocycles. The first-order valence-electron chi connectivity index (χ1n) is 6.67. The van der Waals surface area contributed by atoms with Crippen LogP contribution in [0.5, 0.6) is 0 Å². The van der Waals surface area contributed by atoms with Crippen molar-refractivity contribution in [3.63, 3.8) is 0 Å². The van der Waals surface area contributed by atoms with Gasteiger partial charge in [0.25, 0.3) is 0 Å². The van der Waals surface area contributed by atoms with Gasteiger partial charge in [0.1, 0.15) is 0 Å². The highest BCUT2D eigenvalue weighted by Gasteiger charge is 2.08. The maximum atomic E-state index is 8.73. The highest BCUT2D eigenvalue weighted by molar-refractivity contribution is 5.41. The van der Waals surface area contributed by atoms with Crippen LogP contribution in [0.4, 0.5) is 0 Å². The second-order valence-corrected chi connectivity index (χ2v) is 4.34. The molecule has 1 aromatic rings. The normalized spacial score (nSPS) is 9.90. The Kier molecular flexibility index (Phi) is 8.10. The Morgan fingerprint density at radius 3 is 2.80 bits per heavy atom. The lowest BCUT2D eigenvalue weighted by Gasteiger charge is -2.21. The van der Waals surface area contributed by atoms with Crippen LogP contribution in [-0.2, 0) is 11.3 Å². The SMILES string of the molecule is COCCN(CCC#N)Cc1ccccc1C#CCN. The smallest absolute Gasteiger partial charge is 0.0635 e. The van der Waals surface area contributed by atoms with Crippen LogP contribution in [-0.4, -0.2) is 38.3 Å². The molecule has 0 bridgehead atoms. The van der Waals surface area contributed by atoms with Gasteiger partial charge in [0.2, 0.25) is 0 Å². The monoisotopic (exact) mass is 271 g/mol. The van der Waals surface area contributed by atoms with Crippen molar-refractivity contribution in [3.05, 3.63) is 35.4 Å². The highest BCUT2D eigenvalue weighted by Crippen LogP contribution is 2.11. The molecule has 1 rings (SSSR count). The molecule has 0 fully saturated rings. The molecule has 0 unspecified atom stereocenters. The lowest BCUT2D eigenvalue weighted by atomic mass is 10.1. The van der Waals surface area contributed by atoms with E-state index in [4.69, 9.17) is 15.7 Å². The van der Waals surface area contributed by atoms with Gasteiger partial charge in [-0.15, -0.1) is 0 Å². The first kappa shape index (κ1) is 16.2. The van der Waals surface area contributed by atoms with E-state index >= 15 is 0 Å². The first-order valence-corrected chi connectivity index (χ1v) is 6.67. The fourth-order valence-electron chi connectivity index (χ4n) is 1.87. The summed E-state index contributed by atoms with van der Waals surface area (Å²) in [6.07, 6.45) is 0.514. The molecule has 0 saturated heterocycles. The van der Waals surface area contributed by atoms with Crippen LogP contribution < -0.4 is 5.73 Å². The van der Waals surface area contributed by atoms with Crippen LogP contribution in [0.1, 0.15) is 17.5 Å². The molecule has 4 nitrogen and oxygen atoms in total. The van der Waals surface area contributed by atoms with E-state index in [9.17, 15) is 0 Å². The Hall–Kier alpha value is -1.85. The van der Waals surface area contributed by atoms with Gasteiger partial charge < -0.3 is 10.5 Å². The molecule has 0 spiro atoms. The minimum absolute atomic E-state index is 0.357. The fraction of sp³-hybridized carbons (Fsp3) is 0.438. The van der Waals surface area contributed by atoms with Crippen LogP contribution in [0.15, 0.2) is 24.3 Å². The van der Waals surface area contributed by atoms with Gasteiger partial charge in [-0.3, -0.25) is 4.90 Å². The Morgan fingerprint density at radius 2 is 2.10 bits per heavy atom. The molecular formula is C16H21N3O. The molecule has 0 atom stereocenters. The number of nitrogens with two attached hydrogens (primary N) is 1. The molecule has 0 radical (unpaired) electrons. The molecule has 2 N–H and O–H groups in total. The molecule has 0 aliphatic carbocycles. The molecular weight excluding hydrogens is 250 g/mol. The molecule has 0 saturated carbocycles. The highest BCUT2D eigenvalue weighted by atomic mass is 16.5. The Labute approximate surface area is 121 Å². The van der Waals surface area contributed by atoms with Crippen LogP contribution in [0, 0.1) is 23.2 Å². The van der Waals surface area contributed by atoms with E-state index in [0.717, 1.165) is 30.8 Å². The van der Waals surface area contributed by atoms with Gasteiger partial charge in [0.05, 0.1) is 19.2 Å². The van der Waals surface area contributed by atoms with Gasteiger partial charge in [0.15, 0.2) is 0 Å². The van der Waals surface area contributed by atoms with Crippen LogP contribution >= 0.6 is 0 Å². The van der Waals surface area contributed by atoms with Crippen molar-refractivity contribution in [1.29, 1.82) is 5.26 Å². The first-order chi connectivity index (χ1) is 9.81. The van der Waals surface area contributed by atoms with E-state index in [1.165, 1.54) is 0 Å². The standard InChI is InChI=1S/C16H21N3O/c1-20-13-12-19(11-5-10-18)14-16-7-3-2-6-15(16)8-4-9-17/h2-3,6-7H,5,9,11-14,17H2,1H3. The molecule has 4 heteroatoms. The second kappa shape index (κ2) is 10.00. The molecule has 0 aliphatic heterocycles. The number of hydrogen-bond donors (Lipinski definition) is 1. The topological polar surface area (TPSA) is 62.3 Å². The lowest BCUT2D eigenvalue weighted by Crippen LogP contribution is -2.28. The van der Waals surface area contributed by atoms with E-state index in [2.05, 4.69) is 28.9 Å². The third-order valence-electron chi connectivity index (χ3n) is 2.89. The summed E-state index contributed by atoms with van der Waals surface area (Å²) in [5.74, 6) is 5.98. The van der Waals surface area contributed by atoms with Crippen molar-refractivity contribution < 1.29 is 4.74 Å². The Bertz CT molecular complexity index is 496. The summed E-state index contributed by atoms with van der Waals surface area (Å²) in [7, 11) is 1.68. The zero-order chi connectivity index (χ0) is 14.6. The third-order valence-corrected chi connectivity index (χ3v) is 2.89. The van der Waals surface area contributed by atoms with Crippen molar-refractivity contribution in [2.45, 2.75) is 13.0 Å². The van der Waals surface area contributed by atoms with Crippen LogP contribution in [0.25, 0.3) is 0 Å². The average molecular weight is 271 g/mol. The van der Waals surface area contributed by atoms with Gasteiger partial charge in [-0.2, -0.15) is 5.26 Å². The van der Waals surface area contributed by atoms with Crippen molar-refractivity contribution in [2.24, 2.45) is 5.73 Å². The van der Waals surface area contributed by atoms with Gasteiger partial charge in [-0.05, 0) is 11.6 Å². The predicted octanol–water partition coefficient (Wildman–Crippen LogP) is 1.36. The quantitative estimate of drug-likeness (QED) is 0.761. The van der Waals surface area contributed by atoms with E-state index in [0.29, 0.717) is 19.6 Å². The number of hydrogen-bond acceptors (Lipinski definition) is 4. The maximum absolute atomic E-state index is 8.73. The average Bonchev–Trinajstić information content (AvgIpc) is 2.49. The second-order valence-electron chi connectivity index (χ2n) is 4.34. The summed E-state index contributed by atoms with van der Waals surface area (Å²) in [5.41, 5.74) is 7.58. The van der Waals surface area contributed by atoms with E-state index in [1.807, 2.05) is 18.2 Å². The number of methoxy groups -OCH3 is 1. The maximum Gasteiger partial charge on any atom is 0.0635 e. The zero-order valence-corrected chi connectivity index (χ0v) is 11.9. The molecule has 0 heterocycles. The summed E-state index contributed by atoms with van der Waals surface area (Å²) in [6, 6.07) is 10.2. The minimum Gasteiger partial charge on any atom is -0.383 e. The van der Waals surface area contributed by atoms with Crippen molar-refractivity contribution >= 4 is 0 Å². The van der Waals surface area contributed by atoms with Crippen molar-refractivity contribution in [2.75, 3.05) is 33.4 Å². The molecule has 106 valence electrons. The van der Waals surface area contributed by atoms with Crippen LogP contribution in [0.3, 0.4) is 0 Å². The van der Waals surface area contributed by atoms with Crippen LogP contribution in [0.2, 0.25) is 0 Å². The summed E-state index contributed by atoms with van der Waals surface area (Å²) in [5, 5.41) is 8.73. The van der Waals surface area contributed by atoms with Crippen molar-refractivity contribution in [1.82, 2.24) is 4.90 Å². The number of ether oxygens (including phenoxy) is 1. The van der Waals surface area contributed by atoms with E-state index in [-0.39, 0.29) is 0 Å². The van der Waals surface area contributed by atoms with Gasteiger partial charge in [-0.1, -0.05) is 30.0 Å².